The molecular weight excluding hydrogens is 246 g/mol. The van der Waals surface area contributed by atoms with Gasteiger partial charge in [-0.25, -0.2) is 8.42 Å². The lowest BCUT2D eigenvalue weighted by Gasteiger charge is -2.26. The first-order chi connectivity index (χ1) is 7.64. The molecule has 0 radical (unpaired) electrons. The Morgan fingerprint density at radius 3 is 2.56 bits per heavy atom. The first-order valence-electron chi connectivity index (χ1n) is 5.72. The average molecular weight is 267 g/mol. The number of sulfone groups is 1. The summed E-state index contributed by atoms with van der Waals surface area (Å²) in [5.74, 6) is 2.31. The Morgan fingerprint density at radius 2 is 1.94 bits per heavy atom. The van der Waals surface area contributed by atoms with Crippen LogP contribution in [0.5, 0.6) is 0 Å². The monoisotopic (exact) mass is 267 g/mol. The van der Waals surface area contributed by atoms with Crippen LogP contribution in [-0.4, -0.2) is 69.2 Å². The van der Waals surface area contributed by atoms with Crippen molar-refractivity contribution in [3.8, 4) is 0 Å². The van der Waals surface area contributed by atoms with Gasteiger partial charge in [-0.2, -0.15) is 11.8 Å². The lowest BCUT2D eigenvalue weighted by Crippen LogP contribution is -2.37. The highest BCUT2D eigenvalue weighted by Gasteiger charge is 2.10. The summed E-state index contributed by atoms with van der Waals surface area (Å²) in [4.78, 5) is 2.37. The van der Waals surface area contributed by atoms with Crippen LogP contribution in [0.4, 0.5) is 0 Å². The van der Waals surface area contributed by atoms with Gasteiger partial charge < -0.3 is 4.74 Å². The fourth-order valence-electron chi connectivity index (χ4n) is 1.45. The Morgan fingerprint density at radius 1 is 1.25 bits per heavy atom. The van der Waals surface area contributed by atoms with Crippen molar-refractivity contribution in [2.45, 2.75) is 6.92 Å². The van der Waals surface area contributed by atoms with Gasteiger partial charge in [-0.15, -0.1) is 0 Å². The van der Waals surface area contributed by atoms with E-state index in [1.807, 2.05) is 0 Å². The highest BCUT2D eigenvalue weighted by Crippen LogP contribution is 2.05. The van der Waals surface area contributed by atoms with Gasteiger partial charge in [-0.05, 0) is 0 Å². The normalized spacial score (nSPS) is 18.8. The van der Waals surface area contributed by atoms with Crippen LogP contribution in [0.2, 0.25) is 0 Å². The van der Waals surface area contributed by atoms with E-state index >= 15 is 0 Å². The van der Waals surface area contributed by atoms with Crippen molar-refractivity contribution in [2.24, 2.45) is 0 Å². The summed E-state index contributed by atoms with van der Waals surface area (Å²) in [6.07, 6.45) is 0. The molecule has 0 N–H and O–H groups in total. The van der Waals surface area contributed by atoms with Crippen LogP contribution in [0.25, 0.3) is 0 Å². The molecule has 1 saturated heterocycles. The van der Waals surface area contributed by atoms with Crippen molar-refractivity contribution in [3.63, 3.8) is 0 Å². The van der Waals surface area contributed by atoms with E-state index in [0.717, 1.165) is 44.4 Å². The minimum atomic E-state index is -2.78. The fourth-order valence-corrected chi connectivity index (χ4v) is 3.82. The highest BCUT2D eigenvalue weighted by atomic mass is 32.2. The maximum Gasteiger partial charge on any atom is 0.150 e. The second kappa shape index (κ2) is 7.53. The van der Waals surface area contributed by atoms with Crippen LogP contribution < -0.4 is 0 Å². The number of morpholine rings is 1. The molecule has 1 fully saturated rings. The van der Waals surface area contributed by atoms with Crippen LogP contribution in [-0.2, 0) is 14.6 Å². The molecule has 0 aromatic rings. The molecule has 0 aromatic heterocycles. The molecule has 0 unspecified atom stereocenters. The third-order valence-electron chi connectivity index (χ3n) is 2.63. The summed E-state index contributed by atoms with van der Waals surface area (Å²) in [6.45, 7) is 6.42. The average Bonchev–Trinajstić information content (AvgIpc) is 2.30. The van der Waals surface area contributed by atoms with Crippen molar-refractivity contribution < 1.29 is 13.2 Å². The van der Waals surface area contributed by atoms with Crippen LogP contribution in [0.3, 0.4) is 0 Å². The minimum Gasteiger partial charge on any atom is -0.379 e. The number of hydrogen-bond donors (Lipinski definition) is 0. The zero-order valence-electron chi connectivity index (χ0n) is 9.85. The van der Waals surface area contributed by atoms with Crippen LogP contribution in [0.1, 0.15) is 6.92 Å². The van der Waals surface area contributed by atoms with E-state index in [2.05, 4.69) is 4.90 Å². The number of ether oxygens (including phenoxy) is 1. The summed E-state index contributed by atoms with van der Waals surface area (Å²) in [6, 6.07) is 0. The third-order valence-corrected chi connectivity index (χ3v) is 5.56. The Bertz CT molecular complexity index is 274. The molecule has 1 aliphatic rings. The van der Waals surface area contributed by atoms with Gasteiger partial charge in [-0.3, -0.25) is 4.90 Å². The van der Waals surface area contributed by atoms with E-state index in [9.17, 15) is 8.42 Å². The van der Waals surface area contributed by atoms with Crippen molar-refractivity contribution in [1.82, 2.24) is 4.90 Å². The summed E-state index contributed by atoms with van der Waals surface area (Å²) < 4.78 is 27.7. The molecular formula is C10H21NO3S2. The Balaban J connectivity index is 1.99. The standard InChI is InChI=1S/C10H21NO3S2/c1-2-16(12,13)10-9-15-8-5-11-3-6-14-7-4-11/h2-10H2,1H3. The van der Waals surface area contributed by atoms with Gasteiger partial charge >= 0.3 is 0 Å². The number of hydrogen-bond acceptors (Lipinski definition) is 5. The molecule has 0 spiro atoms. The van der Waals surface area contributed by atoms with Gasteiger partial charge in [-0.1, -0.05) is 6.92 Å². The first kappa shape index (κ1) is 14.3. The SMILES string of the molecule is CCS(=O)(=O)CCSCCN1CCOCC1. The molecule has 0 bridgehead atoms. The lowest BCUT2D eigenvalue weighted by atomic mass is 10.4. The summed E-state index contributed by atoms with van der Waals surface area (Å²) in [5.41, 5.74) is 0. The molecule has 1 heterocycles. The van der Waals surface area contributed by atoms with Crippen LogP contribution in [0.15, 0.2) is 0 Å². The van der Waals surface area contributed by atoms with E-state index in [1.54, 1.807) is 18.7 Å². The van der Waals surface area contributed by atoms with Gasteiger partial charge in [0.1, 0.15) is 0 Å². The van der Waals surface area contributed by atoms with Gasteiger partial charge in [0, 0.05) is 36.9 Å². The zero-order valence-corrected chi connectivity index (χ0v) is 11.5. The molecule has 6 heteroatoms. The Kier molecular flexibility index (Phi) is 6.72. The van der Waals surface area contributed by atoms with Crippen molar-refractivity contribution in [1.29, 1.82) is 0 Å². The number of nitrogens with zero attached hydrogens (tertiary/aromatic N) is 1. The molecule has 96 valence electrons. The number of rotatable bonds is 7. The quantitative estimate of drug-likeness (QED) is 0.628. The molecule has 1 rings (SSSR count). The zero-order chi connectivity index (χ0) is 11.9. The van der Waals surface area contributed by atoms with Crippen LogP contribution in [0, 0.1) is 0 Å². The van der Waals surface area contributed by atoms with E-state index in [-0.39, 0.29) is 5.75 Å². The Hall–Kier alpha value is 0.220. The molecule has 1 aliphatic heterocycles. The van der Waals surface area contributed by atoms with E-state index in [4.69, 9.17) is 4.74 Å². The molecule has 16 heavy (non-hydrogen) atoms. The summed E-state index contributed by atoms with van der Waals surface area (Å²) in [5, 5.41) is 0. The van der Waals surface area contributed by atoms with E-state index in [0.29, 0.717) is 5.75 Å². The van der Waals surface area contributed by atoms with Crippen LogP contribution >= 0.6 is 11.8 Å². The molecule has 0 saturated carbocycles. The maximum atomic E-state index is 11.2. The summed E-state index contributed by atoms with van der Waals surface area (Å²) >= 11 is 1.73. The summed E-state index contributed by atoms with van der Waals surface area (Å²) in [7, 11) is -2.78. The molecule has 0 amide bonds. The Labute approximate surface area is 103 Å². The fraction of sp³-hybridized carbons (Fsp3) is 1.00. The van der Waals surface area contributed by atoms with Crippen molar-refractivity contribution >= 4 is 21.6 Å². The predicted molar refractivity (Wildman–Crippen MR) is 68.9 cm³/mol. The van der Waals surface area contributed by atoms with Gasteiger partial charge in [0.2, 0.25) is 0 Å². The van der Waals surface area contributed by atoms with E-state index in [1.165, 1.54) is 0 Å². The number of thioether (sulfide) groups is 1. The first-order valence-corrected chi connectivity index (χ1v) is 8.70. The maximum absolute atomic E-state index is 11.2. The lowest BCUT2D eigenvalue weighted by molar-refractivity contribution is 0.0410. The smallest absolute Gasteiger partial charge is 0.150 e. The molecule has 4 nitrogen and oxygen atoms in total. The van der Waals surface area contributed by atoms with Gasteiger partial charge in [0.05, 0.1) is 19.0 Å². The van der Waals surface area contributed by atoms with E-state index < -0.39 is 9.84 Å². The van der Waals surface area contributed by atoms with Crippen molar-refractivity contribution in [2.75, 3.05) is 55.9 Å². The largest absolute Gasteiger partial charge is 0.379 e. The van der Waals surface area contributed by atoms with Crippen molar-refractivity contribution in [3.05, 3.63) is 0 Å². The third kappa shape index (κ3) is 6.08. The topological polar surface area (TPSA) is 46.6 Å². The molecule has 0 atom stereocenters. The molecule has 0 aromatic carbocycles. The minimum absolute atomic E-state index is 0.261. The predicted octanol–water partition coefficient (Wildman–Crippen LogP) is 0.487. The second-order valence-corrected chi connectivity index (χ2v) is 7.50. The van der Waals surface area contributed by atoms with Gasteiger partial charge in [0.15, 0.2) is 9.84 Å². The molecule has 0 aliphatic carbocycles. The van der Waals surface area contributed by atoms with Gasteiger partial charge in [0.25, 0.3) is 0 Å². The second-order valence-electron chi connectivity index (χ2n) is 3.80. The highest BCUT2D eigenvalue weighted by molar-refractivity contribution is 8.00.